The number of hydrogen-bond donors (Lipinski definition) is 1. The van der Waals surface area contributed by atoms with Crippen molar-refractivity contribution in [2.75, 3.05) is 13.7 Å². The maximum atomic E-state index is 12.7. The zero-order valence-electron chi connectivity index (χ0n) is 18.3. The zero-order valence-corrected chi connectivity index (χ0v) is 18.3. The molecule has 4 rings (SSSR count). The summed E-state index contributed by atoms with van der Waals surface area (Å²) >= 11 is 0. The number of amides is 1. The molecule has 1 atom stereocenters. The standard InChI is InChI=1S/C23H23F3N4O4/c1-32-22-16(8-6-11-27-22)18-13-15(29-30(18)20-10-4-5-12-33-20)14-28-21(31)17-7-2-3-9-19(17)34-23(24,25)26/h2-3,6-9,11,13,20H,4-5,10,12,14H2,1H3,(H,28,31). The van der Waals surface area contributed by atoms with E-state index in [4.69, 9.17) is 9.47 Å². The van der Waals surface area contributed by atoms with E-state index in [-0.39, 0.29) is 18.3 Å². The summed E-state index contributed by atoms with van der Waals surface area (Å²) < 4.78 is 55.1. The van der Waals surface area contributed by atoms with Gasteiger partial charge in [-0.1, -0.05) is 12.1 Å². The van der Waals surface area contributed by atoms with Crippen molar-refractivity contribution in [2.24, 2.45) is 0 Å². The molecule has 0 saturated carbocycles. The van der Waals surface area contributed by atoms with Crippen LogP contribution < -0.4 is 14.8 Å². The first-order chi connectivity index (χ1) is 16.4. The van der Waals surface area contributed by atoms with Gasteiger partial charge in [0.25, 0.3) is 5.91 Å². The first-order valence-electron chi connectivity index (χ1n) is 10.7. The fraction of sp³-hybridized carbons (Fsp3) is 0.348. The van der Waals surface area contributed by atoms with Gasteiger partial charge in [-0.2, -0.15) is 5.10 Å². The van der Waals surface area contributed by atoms with E-state index in [0.717, 1.165) is 25.3 Å². The molecule has 1 amide bonds. The van der Waals surface area contributed by atoms with Crippen LogP contribution in [0.1, 0.15) is 41.5 Å². The summed E-state index contributed by atoms with van der Waals surface area (Å²) in [5.74, 6) is -0.883. The molecule has 180 valence electrons. The molecule has 1 aliphatic rings. The van der Waals surface area contributed by atoms with Gasteiger partial charge in [-0.25, -0.2) is 9.67 Å². The number of aromatic nitrogens is 3. The molecule has 0 aliphatic carbocycles. The van der Waals surface area contributed by atoms with Crippen LogP contribution in [-0.4, -0.2) is 40.8 Å². The highest BCUT2D eigenvalue weighted by molar-refractivity contribution is 5.96. The van der Waals surface area contributed by atoms with Crippen LogP contribution in [0.2, 0.25) is 0 Å². The highest BCUT2D eigenvalue weighted by Gasteiger charge is 2.33. The van der Waals surface area contributed by atoms with Gasteiger partial charge in [0.1, 0.15) is 5.75 Å². The number of carbonyl (C=O) groups excluding carboxylic acids is 1. The number of nitrogens with one attached hydrogen (secondary N) is 1. The number of carbonyl (C=O) groups is 1. The molecule has 0 radical (unpaired) electrons. The smallest absolute Gasteiger partial charge is 0.481 e. The Morgan fingerprint density at radius 2 is 2.06 bits per heavy atom. The topological polar surface area (TPSA) is 87.5 Å². The second-order valence-corrected chi connectivity index (χ2v) is 7.57. The quantitative estimate of drug-likeness (QED) is 0.541. The number of benzene rings is 1. The molecule has 1 aromatic carbocycles. The van der Waals surface area contributed by atoms with Crippen LogP contribution in [0.15, 0.2) is 48.7 Å². The second-order valence-electron chi connectivity index (χ2n) is 7.57. The van der Waals surface area contributed by atoms with Gasteiger partial charge < -0.3 is 19.5 Å². The van der Waals surface area contributed by atoms with Crippen molar-refractivity contribution >= 4 is 5.91 Å². The fourth-order valence-electron chi connectivity index (χ4n) is 3.75. The van der Waals surface area contributed by atoms with Crippen molar-refractivity contribution in [2.45, 2.75) is 38.4 Å². The molecule has 2 aromatic heterocycles. The molecule has 0 spiro atoms. The summed E-state index contributed by atoms with van der Waals surface area (Å²) in [5, 5.41) is 7.23. The predicted molar refractivity (Wildman–Crippen MR) is 115 cm³/mol. The van der Waals surface area contributed by atoms with Crippen LogP contribution >= 0.6 is 0 Å². The molecule has 3 heterocycles. The molecule has 1 N–H and O–H groups in total. The highest BCUT2D eigenvalue weighted by Crippen LogP contribution is 2.33. The number of rotatable bonds is 7. The van der Waals surface area contributed by atoms with Crippen molar-refractivity contribution in [1.82, 2.24) is 20.1 Å². The van der Waals surface area contributed by atoms with E-state index in [1.54, 1.807) is 23.0 Å². The lowest BCUT2D eigenvalue weighted by atomic mass is 10.1. The second kappa shape index (κ2) is 10.1. The van der Waals surface area contributed by atoms with Gasteiger partial charge in [0.15, 0.2) is 6.23 Å². The number of nitrogens with zero attached hydrogens (tertiary/aromatic N) is 3. The predicted octanol–water partition coefficient (Wildman–Crippen LogP) is 4.48. The van der Waals surface area contributed by atoms with Gasteiger partial charge >= 0.3 is 6.36 Å². The van der Waals surface area contributed by atoms with Gasteiger partial charge in [-0.15, -0.1) is 13.2 Å². The summed E-state index contributed by atoms with van der Waals surface area (Å²) in [5.41, 5.74) is 1.66. The number of ether oxygens (including phenoxy) is 3. The average molecular weight is 476 g/mol. The molecule has 3 aromatic rings. The minimum Gasteiger partial charge on any atom is -0.481 e. The van der Waals surface area contributed by atoms with Crippen LogP contribution in [-0.2, 0) is 11.3 Å². The van der Waals surface area contributed by atoms with E-state index in [1.807, 2.05) is 6.07 Å². The highest BCUT2D eigenvalue weighted by atomic mass is 19.4. The molecular formula is C23H23F3N4O4. The van der Waals surface area contributed by atoms with Gasteiger partial charge in [-0.05, 0) is 49.6 Å². The molecule has 1 unspecified atom stereocenters. The first kappa shape index (κ1) is 23.6. The lowest BCUT2D eigenvalue weighted by molar-refractivity contribution is -0.274. The van der Waals surface area contributed by atoms with Crippen molar-refractivity contribution in [3.8, 4) is 22.9 Å². The zero-order chi connectivity index (χ0) is 24.1. The van der Waals surface area contributed by atoms with Crippen molar-refractivity contribution < 1.29 is 32.2 Å². The van der Waals surface area contributed by atoms with Gasteiger partial charge in [0.05, 0.1) is 36.2 Å². The maximum absolute atomic E-state index is 12.7. The minimum absolute atomic E-state index is 0.0194. The van der Waals surface area contributed by atoms with Crippen LogP contribution in [0.3, 0.4) is 0 Å². The summed E-state index contributed by atoms with van der Waals surface area (Å²) in [7, 11) is 1.52. The molecule has 8 nitrogen and oxygen atoms in total. The average Bonchev–Trinajstić information content (AvgIpc) is 3.26. The summed E-state index contributed by atoms with van der Waals surface area (Å²) in [6.45, 7) is 0.588. The summed E-state index contributed by atoms with van der Waals surface area (Å²) in [6, 6.07) is 10.6. The molecule has 34 heavy (non-hydrogen) atoms. The Morgan fingerprint density at radius 1 is 1.24 bits per heavy atom. The normalized spacial score (nSPS) is 16.2. The van der Waals surface area contributed by atoms with E-state index in [0.29, 0.717) is 29.4 Å². The largest absolute Gasteiger partial charge is 0.573 e. The third kappa shape index (κ3) is 5.48. The lowest BCUT2D eigenvalue weighted by Gasteiger charge is -2.24. The third-order valence-corrected chi connectivity index (χ3v) is 5.24. The van der Waals surface area contributed by atoms with Crippen molar-refractivity contribution in [3.05, 3.63) is 59.9 Å². The third-order valence-electron chi connectivity index (χ3n) is 5.24. The number of methoxy groups -OCH3 is 1. The van der Waals surface area contributed by atoms with Crippen molar-refractivity contribution in [3.63, 3.8) is 0 Å². The molecule has 0 bridgehead atoms. The van der Waals surface area contributed by atoms with Crippen LogP contribution in [0.4, 0.5) is 13.2 Å². The fourth-order valence-corrected chi connectivity index (χ4v) is 3.75. The van der Waals surface area contributed by atoms with Gasteiger partial charge in [0.2, 0.25) is 5.88 Å². The Morgan fingerprint density at radius 3 is 2.79 bits per heavy atom. The first-order valence-corrected chi connectivity index (χ1v) is 10.7. The molecule has 1 fully saturated rings. The number of alkyl halides is 3. The Balaban J connectivity index is 1.59. The summed E-state index contributed by atoms with van der Waals surface area (Å²) in [6.07, 6.45) is -0.874. The van der Waals surface area contributed by atoms with Crippen LogP contribution in [0, 0.1) is 0 Å². The summed E-state index contributed by atoms with van der Waals surface area (Å²) in [4.78, 5) is 16.9. The SMILES string of the molecule is COc1ncccc1-c1cc(CNC(=O)c2ccccc2OC(F)(F)F)nn1C1CCCCO1. The number of halogens is 3. The Bertz CT molecular complexity index is 1140. The van der Waals surface area contributed by atoms with Crippen LogP contribution in [0.25, 0.3) is 11.3 Å². The van der Waals surface area contributed by atoms with E-state index in [2.05, 4.69) is 20.1 Å². The minimum atomic E-state index is -4.91. The van der Waals surface area contributed by atoms with Crippen LogP contribution in [0.5, 0.6) is 11.6 Å². The molecule has 1 aliphatic heterocycles. The van der Waals surface area contributed by atoms with Gasteiger partial charge in [-0.3, -0.25) is 4.79 Å². The van der Waals surface area contributed by atoms with Gasteiger partial charge in [0, 0.05) is 12.8 Å². The van der Waals surface area contributed by atoms with Crippen molar-refractivity contribution in [1.29, 1.82) is 0 Å². The van der Waals surface area contributed by atoms with E-state index >= 15 is 0 Å². The number of hydrogen-bond acceptors (Lipinski definition) is 6. The van der Waals surface area contributed by atoms with E-state index < -0.39 is 18.0 Å². The molecule has 11 heteroatoms. The number of para-hydroxylation sites is 1. The monoisotopic (exact) mass is 476 g/mol. The lowest BCUT2D eigenvalue weighted by Crippen LogP contribution is -2.26. The Hall–Kier alpha value is -3.60. The van der Waals surface area contributed by atoms with E-state index in [9.17, 15) is 18.0 Å². The Kier molecular flexibility index (Phi) is 7.01. The molecule has 1 saturated heterocycles. The number of pyridine rings is 1. The maximum Gasteiger partial charge on any atom is 0.573 e. The molecular weight excluding hydrogens is 453 g/mol. The Labute approximate surface area is 193 Å². The van der Waals surface area contributed by atoms with E-state index in [1.165, 1.54) is 25.3 Å².